The number of benzene rings is 2. The molecule has 1 atom stereocenters. The van der Waals surface area contributed by atoms with Gasteiger partial charge in [-0.3, -0.25) is 4.57 Å². The van der Waals surface area contributed by atoms with Crippen LogP contribution in [0, 0.1) is 19.7 Å². The van der Waals surface area contributed by atoms with E-state index in [0.717, 1.165) is 59.7 Å². The van der Waals surface area contributed by atoms with Crippen LogP contribution in [0.1, 0.15) is 41.6 Å². The molecule has 1 aromatic heterocycles. The Kier molecular flexibility index (Phi) is 5.81. The van der Waals surface area contributed by atoms with Crippen molar-refractivity contribution in [3.63, 3.8) is 0 Å². The van der Waals surface area contributed by atoms with Crippen LogP contribution in [0.2, 0.25) is 5.28 Å². The molecule has 1 unspecified atom stereocenters. The number of ether oxygens (including phenoxy) is 1. The number of hydrogen-bond donors (Lipinski definition) is 0. The van der Waals surface area contributed by atoms with Gasteiger partial charge in [-0.1, -0.05) is 17.3 Å². The van der Waals surface area contributed by atoms with Gasteiger partial charge in [0.1, 0.15) is 11.6 Å². The van der Waals surface area contributed by atoms with Gasteiger partial charge in [-0.05, 0) is 85.8 Å². The van der Waals surface area contributed by atoms with Crippen molar-refractivity contribution in [2.75, 3.05) is 13.7 Å². The number of piperidine rings is 1. The summed E-state index contributed by atoms with van der Waals surface area (Å²) < 4.78 is 21.6. The van der Waals surface area contributed by atoms with Crippen LogP contribution in [0.15, 0.2) is 53.8 Å². The van der Waals surface area contributed by atoms with Crippen molar-refractivity contribution in [1.82, 2.24) is 14.5 Å². The minimum absolute atomic E-state index is 0.261. The van der Waals surface area contributed by atoms with Crippen LogP contribution in [0.3, 0.4) is 0 Å². The molecule has 1 saturated heterocycles. The third-order valence-electron chi connectivity index (χ3n) is 6.31. The van der Waals surface area contributed by atoms with E-state index in [1.54, 1.807) is 17.7 Å². The minimum atomic E-state index is -0.762. The molecule has 2 aliphatic heterocycles. The average Bonchev–Trinajstić information content (AvgIpc) is 3.36. The largest absolute Gasteiger partial charge is 0.495 e. The van der Waals surface area contributed by atoms with Gasteiger partial charge in [0, 0.05) is 24.7 Å². The first-order chi connectivity index (χ1) is 16.4. The molecule has 3 aromatic rings. The first kappa shape index (κ1) is 22.5. The van der Waals surface area contributed by atoms with E-state index in [0.29, 0.717) is 11.0 Å². The van der Waals surface area contributed by atoms with Gasteiger partial charge in [-0.25, -0.2) is 9.37 Å². The minimum Gasteiger partial charge on any atom is -0.495 e. The van der Waals surface area contributed by atoms with Crippen LogP contribution in [0.5, 0.6) is 5.75 Å². The quantitative estimate of drug-likeness (QED) is 0.450. The molecule has 0 N–H and O–H groups in total. The number of rotatable bonds is 5. The molecule has 3 heterocycles. The highest BCUT2D eigenvalue weighted by atomic mass is 35.5. The normalized spacial score (nSPS) is 19.8. The fourth-order valence-electron chi connectivity index (χ4n) is 4.76. The van der Waals surface area contributed by atoms with Gasteiger partial charge in [0.05, 0.1) is 18.5 Å². The summed E-state index contributed by atoms with van der Waals surface area (Å²) in [4.78, 5) is 12.4. The molecule has 5 rings (SSSR count). The average molecular weight is 481 g/mol. The molecule has 176 valence electrons. The van der Waals surface area contributed by atoms with Crippen LogP contribution in [0.4, 0.5) is 4.39 Å². The highest BCUT2D eigenvalue weighted by molar-refractivity contribution is 6.28. The Morgan fingerprint density at radius 2 is 2.00 bits per heavy atom. The van der Waals surface area contributed by atoms with Crippen molar-refractivity contribution in [2.24, 2.45) is 5.16 Å². The van der Waals surface area contributed by atoms with Gasteiger partial charge in [0.15, 0.2) is 5.84 Å². The maximum atomic E-state index is 14.2. The first-order valence-electron chi connectivity index (χ1n) is 11.3. The maximum Gasteiger partial charge on any atom is 0.237 e. The van der Waals surface area contributed by atoms with E-state index in [4.69, 9.17) is 21.2 Å². The molecule has 0 spiro atoms. The van der Waals surface area contributed by atoms with Crippen molar-refractivity contribution < 1.29 is 14.0 Å². The standard InChI is InChI=1S/C26H26ClFN4O2/c1-17-12-20(15-21(28)13-17)26-10-4-5-11-32(26)24(30-34-26)9-7-19-6-8-22(23(14-19)33-3)31-16-18(2)29-25(31)27/h6-9,12-16H,4-5,10-11H2,1-3H3/b9-7+. The van der Waals surface area contributed by atoms with E-state index in [2.05, 4.69) is 15.0 Å². The van der Waals surface area contributed by atoms with Gasteiger partial charge in [-0.15, -0.1) is 0 Å². The van der Waals surface area contributed by atoms with Gasteiger partial charge in [0.25, 0.3) is 0 Å². The molecule has 0 bridgehead atoms. The number of aryl methyl sites for hydroxylation is 2. The van der Waals surface area contributed by atoms with Gasteiger partial charge < -0.3 is 14.5 Å². The van der Waals surface area contributed by atoms with Crippen LogP contribution in [-0.2, 0) is 10.6 Å². The topological polar surface area (TPSA) is 51.9 Å². The van der Waals surface area contributed by atoms with Gasteiger partial charge >= 0.3 is 0 Å². The lowest BCUT2D eigenvalue weighted by molar-refractivity contribution is -0.126. The molecule has 0 aliphatic carbocycles. The number of imidazole rings is 1. The summed E-state index contributed by atoms with van der Waals surface area (Å²) >= 11 is 6.27. The predicted molar refractivity (Wildman–Crippen MR) is 131 cm³/mol. The van der Waals surface area contributed by atoms with Crippen molar-refractivity contribution in [3.8, 4) is 11.4 Å². The lowest BCUT2D eigenvalue weighted by atomic mass is 9.90. The van der Waals surface area contributed by atoms with E-state index in [-0.39, 0.29) is 5.82 Å². The molecular formula is C26H26ClFN4O2. The molecule has 34 heavy (non-hydrogen) atoms. The van der Waals surface area contributed by atoms with Crippen molar-refractivity contribution in [2.45, 2.75) is 38.8 Å². The first-order valence-corrected chi connectivity index (χ1v) is 11.7. The van der Waals surface area contributed by atoms with Crippen LogP contribution in [0.25, 0.3) is 11.8 Å². The summed E-state index contributed by atoms with van der Waals surface area (Å²) in [5, 5.41) is 4.78. The second-order valence-electron chi connectivity index (χ2n) is 8.74. The number of aromatic nitrogens is 2. The van der Waals surface area contributed by atoms with Crippen LogP contribution < -0.4 is 4.74 Å². The van der Waals surface area contributed by atoms with Crippen molar-refractivity contribution >= 4 is 23.5 Å². The third-order valence-corrected chi connectivity index (χ3v) is 6.58. The van der Waals surface area contributed by atoms with Gasteiger partial charge in [-0.2, -0.15) is 0 Å². The Morgan fingerprint density at radius 3 is 2.74 bits per heavy atom. The maximum absolute atomic E-state index is 14.2. The summed E-state index contributed by atoms with van der Waals surface area (Å²) in [6.07, 6.45) is 8.54. The van der Waals surface area contributed by atoms with Crippen LogP contribution in [-0.4, -0.2) is 33.9 Å². The Morgan fingerprint density at radius 1 is 1.15 bits per heavy atom. The molecule has 0 radical (unpaired) electrons. The summed E-state index contributed by atoms with van der Waals surface area (Å²) in [6, 6.07) is 10.9. The second kappa shape index (κ2) is 8.80. The zero-order valence-corrected chi connectivity index (χ0v) is 20.1. The molecule has 6 nitrogen and oxygen atoms in total. The SMILES string of the molecule is COc1cc(/C=C/C2=NOC3(c4cc(C)cc(F)c4)CCCCN23)ccc1-n1cc(C)nc1Cl. The predicted octanol–water partition coefficient (Wildman–Crippen LogP) is 5.99. The Bertz CT molecular complexity index is 1280. The number of amidine groups is 1. The van der Waals surface area contributed by atoms with E-state index >= 15 is 0 Å². The van der Waals surface area contributed by atoms with Crippen molar-refractivity contribution in [3.05, 3.63) is 82.2 Å². The number of nitrogens with zero attached hydrogens (tertiary/aromatic N) is 4. The summed E-state index contributed by atoms with van der Waals surface area (Å²) in [6.45, 7) is 4.57. The van der Waals surface area contributed by atoms with E-state index < -0.39 is 5.72 Å². The van der Waals surface area contributed by atoms with E-state index in [9.17, 15) is 4.39 Å². The highest BCUT2D eigenvalue weighted by Crippen LogP contribution is 2.43. The summed E-state index contributed by atoms with van der Waals surface area (Å²) in [7, 11) is 1.63. The molecular weight excluding hydrogens is 455 g/mol. The number of hydrogen-bond acceptors (Lipinski definition) is 5. The third kappa shape index (κ3) is 3.94. The Hall–Kier alpha value is -3.32. The second-order valence-corrected chi connectivity index (χ2v) is 9.08. The zero-order chi connectivity index (χ0) is 23.9. The lowest BCUT2D eigenvalue weighted by Gasteiger charge is -2.41. The van der Waals surface area contributed by atoms with E-state index in [1.165, 1.54) is 6.07 Å². The Labute approximate surface area is 203 Å². The number of methoxy groups -OCH3 is 1. The smallest absolute Gasteiger partial charge is 0.237 e. The number of oxime groups is 1. The molecule has 8 heteroatoms. The van der Waals surface area contributed by atoms with Crippen molar-refractivity contribution in [1.29, 1.82) is 0 Å². The Balaban J connectivity index is 1.43. The van der Waals surface area contributed by atoms with Crippen LogP contribution >= 0.6 is 11.6 Å². The highest BCUT2D eigenvalue weighted by Gasteiger charge is 2.48. The molecule has 0 saturated carbocycles. The molecule has 0 amide bonds. The summed E-state index contributed by atoms with van der Waals surface area (Å²) in [5.41, 5.74) is 3.48. The fraction of sp³-hybridized carbons (Fsp3) is 0.308. The molecule has 2 aromatic carbocycles. The summed E-state index contributed by atoms with van der Waals surface area (Å²) in [5.74, 6) is 1.13. The number of fused-ring (bicyclic) bond motifs is 1. The van der Waals surface area contributed by atoms with Gasteiger partial charge in [0.2, 0.25) is 11.0 Å². The molecule has 2 aliphatic rings. The lowest BCUT2D eigenvalue weighted by Crippen LogP contribution is -2.49. The fourth-order valence-corrected chi connectivity index (χ4v) is 5.03. The monoisotopic (exact) mass is 480 g/mol. The zero-order valence-electron chi connectivity index (χ0n) is 19.4. The van der Waals surface area contributed by atoms with E-state index in [1.807, 2.05) is 56.5 Å². The molecule has 1 fully saturated rings. The number of halogens is 2.